The van der Waals surface area contributed by atoms with Crippen molar-refractivity contribution < 1.29 is 23.7 Å². The van der Waals surface area contributed by atoms with Crippen molar-refractivity contribution in [3.05, 3.63) is 47.0 Å². The van der Waals surface area contributed by atoms with Crippen LogP contribution in [0, 0.1) is 0 Å². The van der Waals surface area contributed by atoms with Crippen LogP contribution in [0.15, 0.2) is 30.3 Å². The lowest BCUT2D eigenvalue weighted by molar-refractivity contribution is 0.0740. The fourth-order valence-corrected chi connectivity index (χ4v) is 3.68. The van der Waals surface area contributed by atoms with Crippen molar-refractivity contribution in [3.8, 4) is 23.0 Å². The molecule has 2 aromatic carbocycles. The number of nitrogens with one attached hydrogen (secondary N) is 1. The van der Waals surface area contributed by atoms with Crippen LogP contribution in [0.1, 0.15) is 21.5 Å². The third-order valence-electron chi connectivity index (χ3n) is 5.37. The lowest BCUT2D eigenvalue weighted by Gasteiger charge is -2.29. The van der Waals surface area contributed by atoms with Crippen LogP contribution in [0.25, 0.3) is 0 Å². The van der Waals surface area contributed by atoms with E-state index in [0.717, 1.165) is 43.0 Å². The number of hydrogen-bond donors (Lipinski definition) is 1. The fraction of sp³-hybridized carbons (Fsp3) is 0.435. The average Bonchev–Trinajstić information content (AvgIpc) is 2.79. The highest BCUT2D eigenvalue weighted by Crippen LogP contribution is 2.33. The monoisotopic (exact) mass is 450 g/mol. The number of carbonyl (C=O) groups is 1. The second-order valence-electron chi connectivity index (χ2n) is 7.10. The number of ether oxygens (including phenoxy) is 4. The van der Waals surface area contributed by atoms with E-state index in [9.17, 15) is 4.79 Å². The van der Waals surface area contributed by atoms with Crippen LogP contribution in [0.5, 0.6) is 23.0 Å². The first-order valence-corrected chi connectivity index (χ1v) is 10.1. The Bertz CT molecular complexity index is 891. The topological polar surface area (TPSA) is 69.3 Å². The van der Waals surface area contributed by atoms with Crippen LogP contribution >= 0.6 is 12.4 Å². The molecule has 0 fully saturated rings. The zero-order chi connectivity index (χ0) is 21.5. The number of fused-ring (bicyclic) bond motifs is 1. The predicted octanol–water partition coefficient (Wildman–Crippen LogP) is 2.97. The van der Waals surface area contributed by atoms with Crippen LogP contribution in [-0.4, -0.2) is 65.4 Å². The van der Waals surface area contributed by atoms with E-state index in [1.165, 1.54) is 5.56 Å². The summed E-state index contributed by atoms with van der Waals surface area (Å²) in [6.07, 6.45) is 1.68. The molecule has 31 heavy (non-hydrogen) atoms. The minimum absolute atomic E-state index is 0. The van der Waals surface area contributed by atoms with Crippen LogP contribution in [0.2, 0.25) is 0 Å². The van der Waals surface area contributed by atoms with Gasteiger partial charge in [-0.05, 0) is 54.8 Å². The van der Waals surface area contributed by atoms with Gasteiger partial charge in [-0.3, -0.25) is 4.79 Å². The van der Waals surface area contributed by atoms with Gasteiger partial charge in [0.1, 0.15) is 0 Å². The minimum Gasteiger partial charge on any atom is -0.493 e. The van der Waals surface area contributed by atoms with E-state index in [-0.39, 0.29) is 18.3 Å². The second-order valence-corrected chi connectivity index (χ2v) is 7.10. The molecule has 7 nitrogen and oxygen atoms in total. The molecule has 8 heteroatoms. The molecular weight excluding hydrogens is 420 g/mol. The largest absolute Gasteiger partial charge is 0.493 e. The van der Waals surface area contributed by atoms with E-state index in [4.69, 9.17) is 18.9 Å². The summed E-state index contributed by atoms with van der Waals surface area (Å²) in [5.74, 6) is 2.75. The van der Waals surface area contributed by atoms with Gasteiger partial charge in [0.05, 0.1) is 28.4 Å². The molecule has 0 saturated heterocycles. The van der Waals surface area contributed by atoms with Gasteiger partial charge in [0, 0.05) is 25.2 Å². The molecule has 0 spiro atoms. The summed E-state index contributed by atoms with van der Waals surface area (Å²) >= 11 is 0. The van der Waals surface area contributed by atoms with Gasteiger partial charge in [-0.1, -0.05) is 6.07 Å². The van der Waals surface area contributed by atoms with Crippen molar-refractivity contribution in [2.75, 3.05) is 54.6 Å². The van der Waals surface area contributed by atoms with Crippen molar-refractivity contribution in [2.45, 2.75) is 12.8 Å². The molecule has 0 atom stereocenters. The van der Waals surface area contributed by atoms with Crippen molar-refractivity contribution in [2.24, 2.45) is 0 Å². The molecular formula is C23H31ClN2O5. The Morgan fingerprint density at radius 1 is 0.871 bits per heavy atom. The third-order valence-corrected chi connectivity index (χ3v) is 5.37. The zero-order valence-electron chi connectivity index (χ0n) is 18.5. The van der Waals surface area contributed by atoms with Gasteiger partial charge in [0.15, 0.2) is 23.0 Å². The Morgan fingerprint density at radius 3 is 2.19 bits per heavy atom. The quantitative estimate of drug-likeness (QED) is 0.561. The van der Waals surface area contributed by atoms with Gasteiger partial charge >= 0.3 is 0 Å². The number of amides is 1. The van der Waals surface area contributed by atoms with Crippen LogP contribution in [-0.2, 0) is 12.8 Å². The standard InChI is InChI=1S/C23H30N2O5.ClH/c1-27-19-6-5-16(13-20(19)28-2)7-9-24-10-12-25-11-8-17-14-21(29-3)22(30-4)15-18(17)23(25)26;/h5-6,13-15,24H,7-12H2,1-4H3;1H. The van der Waals surface area contributed by atoms with E-state index >= 15 is 0 Å². The van der Waals surface area contributed by atoms with Gasteiger partial charge in [0.2, 0.25) is 0 Å². The van der Waals surface area contributed by atoms with E-state index in [0.29, 0.717) is 30.2 Å². The van der Waals surface area contributed by atoms with Crippen molar-refractivity contribution in [1.29, 1.82) is 0 Å². The van der Waals surface area contributed by atoms with Crippen LogP contribution in [0.4, 0.5) is 0 Å². The summed E-state index contributed by atoms with van der Waals surface area (Å²) in [5.41, 5.74) is 2.88. The number of methoxy groups -OCH3 is 4. The molecule has 0 radical (unpaired) electrons. The average molecular weight is 451 g/mol. The summed E-state index contributed by atoms with van der Waals surface area (Å²) in [4.78, 5) is 14.8. The lowest BCUT2D eigenvalue weighted by Crippen LogP contribution is -2.41. The fourth-order valence-electron chi connectivity index (χ4n) is 3.68. The van der Waals surface area contributed by atoms with Crippen molar-refractivity contribution in [1.82, 2.24) is 10.2 Å². The maximum Gasteiger partial charge on any atom is 0.254 e. The molecule has 0 aromatic heterocycles. The third kappa shape index (κ3) is 5.74. The normalized spacial score (nSPS) is 12.6. The summed E-state index contributed by atoms with van der Waals surface area (Å²) < 4.78 is 21.3. The molecule has 0 saturated carbocycles. The smallest absolute Gasteiger partial charge is 0.254 e. The Labute approximate surface area is 190 Å². The lowest BCUT2D eigenvalue weighted by atomic mass is 9.98. The molecule has 0 bridgehead atoms. The number of rotatable bonds is 10. The van der Waals surface area contributed by atoms with Gasteiger partial charge in [0.25, 0.3) is 5.91 Å². The van der Waals surface area contributed by atoms with Crippen LogP contribution < -0.4 is 24.3 Å². The van der Waals surface area contributed by atoms with Crippen LogP contribution in [0.3, 0.4) is 0 Å². The van der Waals surface area contributed by atoms with Crippen molar-refractivity contribution >= 4 is 18.3 Å². The van der Waals surface area contributed by atoms with E-state index in [2.05, 4.69) is 5.32 Å². The highest BCUT2D eigenvalue weighted by molar-refractivity contribution is 5.97. The number of benzene rings is 2. The number of nitrogens with zero attached hydrogens (tertiary/aromatic N) is 1. The first-order chi connectivity index (χ1) is 14.6. The molecule has 0 aliphatic carbocycles. The first kappa shape index (κ1) is 24.6. The Balaban J connectivity index is 0.00000341. The molecule has 0 unspecified atom stereocenters. The van der Waals surface area contributed by atoms with Gasteiger partial charge in [-0.15, -0.1) is 12.4 Å². The molecule has 1 amide bonds. The summed E-state index contributed by atoms with van der Waals surface area (Å²) in [6.45, 7) is 2.93. The Kier molecular flexibility index (Phi) is 9.27. The van der Waals surface area contributed by atoms with Crippen molar-refractivity contribution in [3.63, 3.8) is 0 Å². The Morgan fingerprint density at radius 2 is 1.52 bits per heavy atom. The Hall–Kier alpha value is -2.64. The highest BCUT2D eigenvalue weighted by Gasteiger charge is 2.26. The zero-order valence-corrected chi connectivity index (χ0v) is 19.3. The van der Waals surface area contributed by atoms with Gasteiger partial charge < -0.3 is 29.2 Å². The SMILES string of the molecule is COc1ccc(CCNCCN2CCc3cc(OC)c(OC)cc3C2=O)cc1OC.Cl. The molecule has 1 aliphatic heterocycles. The molecule has 170 valence electrons. The summed E-state index contributed by atoms with van der Waals surface area (Å²) in [7, 11) is 6.46. The summed E-state index contributed by atoms with van der Waals surface area (Å²) in [6, 6.07) is 9.64. The molecule has 3 rings (SSSR count). The number of hydrogen-bond acceptors (Lipinski definition) is 6. The summed E-state index contributed by atoms with van der Waals surface area (Å²) in [5, 5.41) is 3.42. The van der Waals surface area contributed by atoms with E-state index < -0.39 is 0 Å². The molecule has 1 N–H and O–H groups in total. The van der Waals surface area contributed by atoms with Gasteiger partial charge in [-0.2, -0.15) is 0 Å². The second kappa shape index (κ2) is 11.7. The molecule has 1 heterocycles. The van der Waals surface area contributed by atoms with E-state index in [1.54, 1.807) is 34.5 Å². The molecule has 2 aromatic rings. The van der Waals surface area contributed by atoms with Gasteiger partial charge in [-0.25, -0.2) is 0 Å². The predicted molar refractivity (Wildman–Crippen MR) is 123 cm³/mol. The maximum absolute atomic E-state index is 12.9. The number of carbonyl (C=O) groups excluding carboxylic acids is 1. The molecule has 1 aliphatic rings. The highest BCUT2D eigenvalue weighted by atomic mass is 35.5. The number of halogens is 1. The maximum atomic E-state index is 12.9. The first-order valence-electron chi connectivity index (χ1n) is 10.1. The minimum atomic E-state index is 0. The van der Waals surface area contributed by atoms with E-state index in [1.807, 2.05) is 29.2 Å².